The first kappa shape index (κ1) is 18.7. The Balaban J connectivity index is 1.64. The van der Waals surface area contributed by atoms with Crippen molar-refractivity contribution >= 4 is 29.2 Å². The molecule has 8 heteroatoms. The van der Waals surface area contributed by atoms with E-state index in [0.717, 1.165) is 5.56 Å². The van der Waals surface area contributed by atoms with E-state index < -0.39 is 5.54 Å². The molecule has 2 fully saturated rings. The highest BCUT2D eigenvalue weighted by Gasteiger charge is 2.60. The van der Waals surface area contributed by atoms with Crippen molar-refractivity contribution in [2.75, 3.05) is 24.5 Å². The van der Waals surface area contributed by atoms with E-state index in [1.165, 1.54) is 0 Å². The van der Waals surface area contributed by atoms with Gasteiger partial charge in [-0.05, 0) is 43.7 Å². The van der Waals surface area contributed by atoms with Crippen LogP contribution in [0.3, 0.4) is 0 Å². The van der Waals surface area contributed by atoms with Crippen molar-refractivity contribution in [2.45, 2.75) is 32.0 Å². The fraction of sp³-hybridized carbons (Fsp3) is 0.400. The minimum atomic E-state index is -0.878. The molecular formula is C20H22ClN5O2. The van der Waals surface area contributed by atoms with Gasteiger partial charge in [0.05, 0.1) is 13.1 Å². The number of carbonyl (C=O) groups excluding carboxylic acids is 2. The molecule has 0 aliphatic carbocycles. The van der Waals surface area contributed by atoms with Crippen molar-refractivity contribution in [1.82, 2.24) is 20.0 Å². The Hall–Kier alpha value is -2.67. The fourth-order valence-corrected chi connectivity index (χ4v) is 3.99. The lowest BCUT2D eigenvalue weighted by Crippen LogP contribution is -2.81. The predicted octanol–water partition coefficient (Wildman–Crippen LogP) is 1.97. The van der Waals surface area contributed by atoms with Gasteiger partial charge in [-0.15, -0.1) is 5.10 Å². The first-order chi connectivity index (χ1) is 13.4. The Morgan fingerprint density at radius 2 is 1.86 bits per heavy atom. The minimum Gasteiger partial charge on any atom is -0.349 e. The summed E-state index contributed by atoms with van der Waals surface area (Å²) >= 11 is 5.98. The summed E-state index contributed by atoms with van der Waals surface area (Å²) in [6, 6.07) is 11.0. The summed E-state index contributed by atoms with van der Waals surface area (Å²) in [4.78, 5) is 31.8. The lowest BCUT2D eigenvalue weighted by atomic mass is 9.83. The van der Waals surface area contributed by atoms with Crippen LogP contribution in [0.4, 0.5) is 5.82 Å². The van der Waals surface area contributed by atoms with Crippen molar-refractivity contribution in [3.05, 3.63) is 53.2 Å². The van der Waals surface area contributed by atoms with Gasteiger partial charge in [0.2, 0.25) is 5.91 Å². The van der Waals surface area contributed by atoms with E-state index in [9.17, 15) is 9.59 Å². The third kappa shape index (κ3) is 3.09. The monoisotopic (exact) mass is 399 g/mol. The third-order valence-electron chi connectivity index (χ3n) is 5.45. The summed E-state index contributed by atoms with van der Waals surface area (Å²) < 4.78 is 0. The number of hydrogen-bond acceptors (Lipinski definition) is 5. The number of benzene rings is 1. The van der Waals surface area contributed by atoms with Crippen molar-refractivity contribution in [1.29, 1.82) is 0 Å². The molecule has 28 heavy (non-hydrogen) atoms. The highest BCUT2D eigenvalue weighted by Crippen LogP contribution is 2.37. The molecule has 7 nitrogen and oxygen atoms in total. The molecule has 0 saturated carbocycles. The summed E-state index contributed by atoms with van der Waals surface area (Å²) in [5.74, 6) is 0.666. The molecule has 2 aliphatic rings. The second-order valence-electron chi connectivity index (χ2n) is 7.60. The largest absolute Gasteiger partial charge is 0.349 e. The van der Waals surface area contributed by atoms with Crippen LogP contribution in [0.5, 0.6) is 0 Å². The first-order valence-electron chi connectivity index (χ1n) is 9.29. The maximum Gasteiger partial charge on any atom is 0.252 e. The van der Waals surface area contributed by atoms with Gasteiger partial charge in [0.15, 0.2) is 11.4 Å². The number of amides is 2. The molecule has 2 aromatic rings. The molecule has 0 radical (unpaired) electrons. The number of anilines is 1. The summed E-state index contributed by atoms with van der Waals surface area (Å²) in [7, 11) is 0. The lowest BCUT2D eigenvalue weighted by Gasteiger charge is -2.58. The maximum atomic E-state index is 13.4. The first-order valence-corrected chi connectivity index (χ1v) is 9.67. The molecule has 2 aliphatic heterocycles. The molecule has 0 N–H and O–H groups in total. The van der Waals surface area contributed by atoms with Crippen LogP contribution in [0.15, 0.2) is 42.6 Å². The van der Waals surface area contributed by atoms with E-state index in [1.807, 2.05) is 43.0 Å². The van der Waals surface area contributed by atoms with Crippen molar-refractivity contribution < 1.29 is 9.59 Å². The Bertz CT molecular complexity index is 881. The molecule has 2 amide bonds. The van der Waals surface area contributed by atoms with Crippen LogP contribution in [0, 0.1) is 0 Å². The van der Waals surface area contributed by atoms with Gasteiger partial charge in [-0.1, -0.05) is 23.7 Å². The zero-order chi connectivity index (χ0) is 19.9. The van der Waals surface area contributed by atoms with Gasteiger partial charge in [-0.3, -0.25) is 9.59 Å². The summed E-state index contributed by atoms with van der Waals surface area (Å²) in [5.41, 5.74) is 0.0670. The van der Waals surface area contributed by atoms with Gasteiger partial charge in [-0.2, -0.15) is 5.10 Å². The zero-order valence-corrected chi connectivity index (χ0v) is 16.6. The third-order valence-corrected chi connectivity index (χ3v) is 5.70. The second-order valence-corrected chi connectivity index (χ2v) is 8.04. The van der Waals surface area contributed by atoms with Crippen LogP contribution in [-0.4, -0.2) is 63.0 Å². The number of carbonyl (C=O) groups is 2. The SMILES string of the molecule is CC(C)N1CC(=O)N(Cc2ccc(Cl)cc2)C2(CN(c3cccnn3)C2)C1=O. The fourth-order valence-electron chi connectivity index (χ4n) is 3.87. The van der Waals surface area contributed by atoms with Crippen molar-refractivity contribution in [3.63, 3.8) is 0 Å². The number of rotatable bonds is 4. The zero-order valence-electron chi connectivity index (χ0n) is 15.9. The van der Waals surface area contributed by atoms with E-state index in [1.54, 1.807) is 28.1 Å². The van der Waals surface area contributed by atoms with Gasteiger partial charge in [-0.25, -0.2) is 0 Å². The number of piperazine rings is 1. The van der Waals surface area contributed by atoms with Gasteiger partial charge in [0.1, 0.15) is 6.54 Å². The van der Waals surface area contributed by atoms with E-state index in [-0.39, 0.29) is 24.4 Å². The Kier molecular flexibility index (Phi) is 4.71. The lowest BCUT2D eigenvalue weighted by molar-refractivity contribution is -0.170. The Morgan fingerprint density at radius 1 is 1.14 bits per heavy atom. The molecule has 0 bridgehead atoms. The van der Waals surface area contributed by atoms with Crippen LogP contribution >= 0.6 is 11.6 Å². The number of nitrogens with zero attached hydrogens (tertiary/aromatic N) is 5. The quantitative estimate of drug-likeness (QED) is 0.786. The van der Waals surface area contributed by atoms with E-state index >= 15 is 0 Å². The molecule has 0 atom stereocenters. The van der Waals surface area contributed by atoms with Crippen LogP contribution in [0.2, 0.25) is 5.02 Å². The van der Waals surface area contributed by atoms with Gasteiger partial charge >= 0.3 is 0 Å². The van der Waals surface area contributed by atoms with Gasteiger partial charge in [0, 0.05) is 23.8 Å². The van der Waals surface area contributed by atoms with Crippen LogP contribution < -0.4 is 4.90 Å². The molecule has 1 aromatic carbocycles. The standard InChI is InChI=1S/C20H22ClN5O2/c1-14(2)25-11-18(27)26(10-15-5-7-16(21)8-6-15)20(19(25)28)12-24(13-20)17-4-3-9-22-23-17/h3-9,14H,10-13H2,1-2H3. The van der Waals surface area contributed by atoms with Crippen LogP contribution in [0.25, 0.3) is 0 Å². The van der Waals surface area contributed by atoms with E-state index in [4.69, 9.17) is 11.6 Å². The Morgan fingerprint density at radius 3 is 2.46 bits per heavy atom. The molecule has 4 rings (SSSR count). The van der Waals surface area contributed by atoms with E-state index in [0.29, 0.717) is 30.5 Å². The number of hydrogen-bond donors (Lipinski definition) is 0. The second kappa shape index (κ2) is 7.05. The van der Waals surface area contributed by atoms with Crippen molar-refractivity contribution in [3.8, 4) is 0 Å². The molecule has 2 saturated heterocycles. The Labute approximate surface area is 168 Å². The molecule has 0 unspecified atom stereocenters. The molecule has 3 heterocycles. The topological polar surface area (TPSA) is 69.6 Å². The highest BCUT2D eigenvalue weighted by atomic mass is 35.5. The predicted molar refractivity (Wildman–Crippen MR) is 106 cm³/mol. The smallest absolute Gasteiger partial charge is 0.252 e. The van der Waals surface area contributed by atoms with Crippen molar-refractivity contribution in [2.24, 2.45) is 0 Å². The average Bonchev–Trinajstić information content (AvgIpc) is 2.65. The van der Waals surface area contributed by atoms with E-state index in [2.05, 4.69) is 10.2 Å². The molecular weight excluding hydrogens is 378 g/mol. The number of halogens is 1. The normalized spacial score (nSPS) is 18.8. The molecule has 1 aromatic heterocycles. The molecule has 146 valence electrons. The average molecular weight is 400 g/mol. The minimum absolute atomic E-state index is 0.00351. The summed E-state index contributed by atoms with van der Waals surface area (Å²) in [6.45, 7) is 5.18. The number of aromatic nitrogens is 2. The van der Waals surface area contributed by atoms with Crippen LogP contribution in [-0.2, 0) is 16.1 Å². The van der Waals surface area contributed by atoms with Gasteiger partial charge < -0.3 is 14.7 Å². The molecule has 1 spiro atoms. The van der Waals surface area contributed by atoms with Crippen LogP contribution in [0.1, 0.15) is 19.4 Å². The van der Waals surface area contributed by atoms with Gasteiger partial charge in [0.25, 0.3) is 5.91 Å². The summed E-state index contributed by atoms with van der Waals surface area (Å²) in [5, 5.41) is 8.68. The highest BCUT2D eigenvalue weighted by molar-refractivity contribution is 6.30. The summed E-state index contributed by atoms with van der Waals surface area (Å²) in [6.07, 6.45) is 1.61. The maximum absolute atomic E-state index is 13.4.